The lowest BCUT2D eigenvalue weighted by Crippen LogP contribution is -2.26. The van der Waals surface area contributed by atoms with Crippen molar-refractivity contribution in [3.05, 3.63) is 35.4 Å². The SMILES string of the molecule is COC(=O)c1ccc(CS(=O)(=O)NCCC(C)C)cc1. The van der Waals surface area contributed by atoms with Gasteiger partial charge in [-0.15, -0.1) is 0 Å². The first-order chi connectivity index (χ1) is 9.34. The van der Waals surface area contributed by atoms with Crippen LogP contribution < -0.4 is 4.72 Å². The van der Waals surface area contributed by atoms with Gasteiger partial charge in [-0.3, -0.25) is 0 Å². The first kappa shape index (κ1) is 16.7. The third-order valence-electron chi connectivity index (χ3n) is 2.78. The van der Waals surface area contributed by atoms with Crippen molar-refractivity contribution in [3.8, 4) is 0 Å². The van der Waals surface area contributed by atoms with Crippen LogP contribution in [0.4, 0.5) is 0 Å². The lowest BCUT2D eigenvalue weighted by molar-refractivity contribution is 0.0600. The molecule has 0 amide bonds. The predicted molar refractivity (Wildman–Crippen MR) is 77.9 cm³/mol. The Morgan fingerprint density at radius 2 is 1.85 bits per heavy atom. The molecule has 0 radical (unpaired) electrons. The van der Waals surface area contributed by atoms with Gasteiger partial charge < -0.3 is 4.74 Å². The van der Waals surface area contributed by atoms with Gasteiger partial charge in [-0.1, -0.05) is 26.0 Å². The summed E-state index contributed by atoms with van der Waals surface area (Å²) in [6.45, 7) is 4.53. The fraction of sp³-hybridized carbons (Fsp3) is 0.500. The van der Waals surface area contributed by atoms with Crippen molar-refractivity contribution in [2.75, 3.05) is 13.7 Å². The minimum atomic E-state index is -3.34. The minimum absolute atomic E-state index is 0.0907. The molecule has 0 heterocycles. The molecule has 1 aromatic rings. The normalized spacial score (nSPS) is 11.6. The average Bonchev–Trinajstić information content (AvgIpc) is 2.37. The third kappa shape index (κ3) is 5.71. The fourth-order valence-electron chi connectivity index (χ4n) is 1.63. The van der Waals surface area contributed by atoms with Gasteiger partial charge in [-0.05, 0) is 30.0 Å². The first-order valence-electron chi connectivity index (χ1n) is 6.48. The Morgan fingerprint density at radius 1 is 1.25 bits per heavy atom. The second kappa shape index (κ2) is 7.40. The van der Waals surface area contributed by atoms with E-state index in [9.17, 15) is 13.2 Å². The van der Waals surface area contributed by atoms with Gasteiger partial charge in [0.15, 0.2) is 0 Å². The second-order valence-electron chi connectivity index (χ2n) is 5.02. The number of carbonyl (C=O) groups is 1. The van der Waals surface area contributed by atoms with Gasteiger partial charge in [-0.2, -0.15) is 0 Å². The van der Waals surface area contributed by atoms with E-state index in [-0.39, 0.29) is 5.75 Å². The van der Waals surface area contributed by atoms with Crippen LogP contribution >= 0.6 is 0 Å². The smallest absolute Gasteiger partial charge is 0.337 e. The molecule has 1 rings (SSSR count). The van der Waals surface area contributed by atoms with E-state index >= 15 is 0 Å². The van der Waals surface area contributed by atoms with E-state index in [1.807, 2.05) is 13.8 Å². The molecule has 0 saturated carbocycles. The van der Waals surface area contributed by atoms with Crippen molar-refractivity contribution < 1.29 is 17.9 Å². The Bertz CT molecular complexity index is 535. The van der Waals surface area contributed by atoms with Crippen molar-refractivity contribution in [2.24, 2.45) is 5.92 Å². The van der Waals surface area contributed by atoms with Crippen molar-refractivity contribution in [3.63, 3.8) is 0 Å². The van der Waals surface area contributed by atoms with Gasteiger partial charge in [0.2, 0.25) is 10.0 Å². The number of hydrogen-bond donors (Lipinski definition) is 1. The van der Waals surface area contributed by atoms with Gasteiger partial charge >= 0.3 is 5.97 Å². The number of benzene rings is 1. The lowest BCUT2D eigenvalue weighted by Gasteiger charge is -2.08. The van der Waals surface area contributed by atoms with Crippen LogP contribution in [0.1, 0.15) is 36.2 Å². The first-order valence-corrected chi connectivity index (χ1v) is 8.14. The summed E-state index contributed by atoms with van der Waals surface area (Å²) in [4.78, 5) is 11.3. The molecule has 0 aromatic heterocycles. The summed E-state index contributed by atoms with van der Waals surface area (Å²) in [6, 6.07) is 6.36. The molecule has 0 atom stereocenters. The number of esters is 1. The molecule has 5 nitrogen and oxygen atoms in total. The van der Waals surface area contributed by atoms with Crippen LogP contribution in [0.5, 0.6) is 0 Å². The highest BCUT2D eigenvalue weighted by Crippen LogP contribution is 2.09. The van der Waals surface area contributed by atoms with Crippen LogP contribution in [0, 0.1) is 5.92 Å². The zero-order valence-corrected chi connectivity index (χ0v) is 12.9. The molecule has 20 heavy (non-hydrogen) atoms. The Labute approximate surface area is 120 Å². The van der Waals surface area contributed by atoms with Crippen LogP contribution in [-0.4, -0.2) is 28.0 Å². The van der Waals surface area contributed by atoms with Crippen molar-refractivity contribution in [2.45, 2.75) is 26.0 Å². The van der Waals surface area contributed by atoms with E-state index in [4.69, 9.17) is 0 Å². The van der Waals surface area contributed by atoms with Crippen LogP contribution in [-0.2, 0) is 20.5 Å². The van der Waals surface area contributed by atoms with Gasteiger partial charge in [0.1, 0.15) is 0 Å². The number of rotatable bonds is 7. The molecule has 0 bridgehead atoms. The molecule has 0 spiro atoms. The van der Waals surface area contributed by atoms with Gasteiger partial charge in [0.25, 0.3) is 0 Å². The van der Waals surface area contributed by atoms with E-state index in [0.29, 0.717) is 23.6 Å². The third-order valence-corrected chi connectivity index (χ3v) is 4.13. The zero-order valence-electron chi connectivity index (χ0n) is 12.0. The molecule has 112 valence electrons. The molecule has 0 aliphatic rings. The van der Waals surface area contributed by atoms with Crippen LogP contribution in [0.15, 0.2) is 24.3 Å². The molecule has 0 fully saturated rings. The molecule has 0 aliphatic heterocycles. The van der Waals surface area contributed by atoms with Gasteiger partial charge in [0.05, 0.1) is 18.4 Å². The molecule has 1 N–H and O–H groups in total. The molecule has 0 saturated heterocycles. The highest BCUT2D eigenvalue weighted by atomic mass is 32.2. The van der Waals surface area contributed by atoms with Crippen LogP contribution in [0.3, 0.4) is 0 Å². The number of hydrogen-bond acceptors (Lipinski definition) is 4. The summed E-state index contributed by atoms with van der Waals surface area (Å²) >= 11 is 0. The van der Waals surface area contributed by atoms with Crippen molar-refractivity contribution >= 4 is 16.0 Å². The van der Waals surface area contributed by atoms with E-state index < -0.39 is 16.0 Å². The Hall–Kier alpha value is -1.40. The number of sulfonamides is 1. The Kier molecular flexibility index (Phi) is 6.16. The maximum absolute atomic E-state index is 11.9. The number of ether oxygens (including phenoxy) is 1. The summed E-state index contributed by atoms with van der Waals surface area (Å²) in [7, 11) is -2.03. The largest absolute Gasteiger partial charge is 0.465 e. The lowest BCUT2D eigenvalue weighted by atomic mass is 10.1. The van der Waals surface area contributed by atoms with E-state index in [1.54, 1.807) is 24.3 Å². The molecule has 0 unspecified atom stereocenters. The zero-order chi connectivity index (χ0) is 15.2. The standard InChI is InChI=1S/C14H21NO4S/c1-11(2)8-9-15-20(17,18)10-12-4-6-13(7-5-12)14(16)19-3/h4-7,11,15H,8-10H2,1-3H3. The monoisotopic (exact) mass is 299 g/mol. The summed E-state index contributed by atoms with van der Waals surface area (Å²) in [6.07, 6.45) is 0.806. The molecular formula is C14H21NO4S. The quantitative estimate of drug-likeness (QED) is 0.781. The minimum Gasteiger partial charge on any atom is -0.465 e. The maximum atomic E-state index is 11.9. The number of methoxy groups -OCH3 is 1. The number of nitrogens with one attached hydrogen (secondary N) is 1. The van der Waals surface area contributed by atoms with E-state index in [2.05, 4.69) is 9.46 Å². The second-order valence-corrected chi connectivity index (χ2v) is 6.83. The number of carbonyl (C=O) groups excluding carboxylic acids is 1. The van der Waals surface area contributed by atoms with Gasteiger partial charge in [-0.25, -0.2) is 17.9 Å². The highest BCUT2D eigenvalue weighted by Gasteiger charge is 2.12. The Morgan fingerprint density at radius 3 is 2.35 bits per heavy atom. The summed E-state index contributed by atoms with van der Waals surface area (Å²) in [5.41, 5.74) is 1.04. The van der Waals surface area contributed by atoms with Gasteiger partial charge in [0, 0.05) is 6.54 Å². The topological polar surface area (TPSA) is 72.5 Å². The molecule has 6 heteroatoms. The summed E-state index contributed by atoms with van der Waals surface area (Å²) in [5, 5.41) is 0. The molecule has 1 aromatic carbocycles. The highest BCUT2D eigenvalue weighted by molar-refractivity contribution is 7.88. The van der Waals surface area contributed by atoms with E-state index in [0.717, 1.165) is 6.42 Å². The van der Waals surface area contributed by atoms with Crippen molar-refractivity contribution in [1.29, 1.82) is 0 Å². The fourth-order valence-corrected chi connectivity index (χ4v) is 2.79. The summed E-state index contributed by atoms with van der Waals surface area (Å²) in [5.74, 6) is -0.0708. The maximum Gasteiger partial charge on any atom is 0.337 e. The van der Waals surface area contributed by atoms with Crippen molar-refractivity contribution in [1.82, 2.24) is 4.72 Å². The predicted octanol–water partition coefficient (Wildman–Crippen LogP) is 1.94. The molecule has 0 aliphatic carbocycles. The average molecular weight is 299 g/mol. The van der Waals surface area contributed by atoms with Crippen LogP contribution in [0.25, 0.3) is 0 Å². The summed E-state index contributed by atoms with van der Waals surface area (Å²) < 4.78 is 30.9. The van der Waals surface area contributed by atoms with E-state index in [1.165, 1.54) is 7.11 Å². The van der Waals surface area contributed by atoms with Crippen LogP contribution in [0.2, 0.25) is 0 Å². The molecular weight excluding hydrogens is 278 g/mol. The Balaban J connectivity index is 2.61.